The molecule has 0 radical (unpaired) electrons. The van der Waals surface area contributed by atoms with Crippen LogP contribution >= 0.6 is 0 Å². The first-order chi connectivity index (χ1) is 27.3. The monoisotopic (exact) mass is 699 g/mol. The van der Waals surface area contributed by atoms with Crippen molar-refractivity contribution in [2.45, 2.75) is 5.41 Å². The molecule has 3 nitrogen and oxygen atoms in total. The molecule has 0 saturated carbocycles. The van der Waals surface area contributed by atoms with Crippen LogP contribution in [-0.4, -0.2) is 15.0 Å². The number of hydrogen-bond acceptors (Lipinski definition) is 3. The Labute approximate surface area is 320 Å². The van der Waals surface area contributed by atoms with E-state index in [9.17, 15) is 0 Å². The van der Waals surface area contributed by atoms with Crippen LogP contribution in [0.15, 0.2) is 200 Å². The maximum atomic E-state index is 5.35. The second-order valence-electron chi connectivity index (χ2n) is 14.4. The molecule has 0 saturated heterocycles. The van der Waals surface area contributed by atoms with Crippen LogP contribution in [0.3, 0.4) is 0 Å². The van der Waals surface area contributed by atoms with Crippen molar-refractivity contribution in [2.24, 2.45) is 0 Å². The largest absolute Gasteiger partial charge is 0.264 e. The summed E-state index contributed by atoms with van der Waals surface area (Å²) in [5.41, 5.74) is 19.2. The zero-order chi connectivity index (χ0) is 36.3. The number of pyridine rings is 1. The average molecular weight is 700 g/mol. The minimum absolute atomic E-state index is 0.444. The fraction of sp³-hybridized carbons (Fsp3) is 0.0192. The highest BCUT2D eigenvalue weighted by molar-refractivity contribution is 5.95. The first-order valence-electron chi connectivity index (χ1n) is 18.8. The van der Waals surface area contributed by atoms with E-state index in [1.54, 1.807) is 6.20 Å². The molecule has 0 aliphatic heterocycles. The number of benzene rings is 7. The van der Waals surface area contributed by atoms with Crippen molar-refractivity contribution >= 4 is 0 Å². The Kier molecular flexibility index (Phi) is 7.08. The molecular formula is C52H33N3. The Bertz CT molecular complexity index is 2850. The van der Waals surface area contributed by atoms with Gasteiger partial charge in [0.05, 0.1) is 16.8 Å². The zero-order valence-electron chi connectivity index (χ0n) is 29.9. The molecule has 7 aromatic carbocycles. The third-order valence-electron chi connectivity index (χ3n) is 11.4. The second kappa shape index (κ2) is 12.4. The van der Waals surface area contributed by atoms with Crippen LogP contribution in [-0.2, 0) is 5.41 Å². The number of rotatable bonds is 5. The van der Waals surface area contributed by atoms with Crippen LogP contribution in [0.2, 0.25) is 0 Å². The van der Waals surface area contributed by atoms with E-state index in [-0.39, 0.29) is 0 Å². The van der Waals surface area contributed by atoms with E-state index in [0.717, 1.165) is 39.2 Å². The minimum atomic E-state index is -0.444. The van der Waals surface area contributed by atoms with E-state index in [0.29, 0.717) is 5.82 Å². The predicted octanol–water partition coefficient (Wildman–Crippen LogP) is 12.6. The third kappa shape index (κ3) is 4.87. The van der Waals surface area contributed by atoms with Crippen molar-refractivity contribution in [3.8, 4) is 78.4 Å². The molecule has 2 aliphatic rings. The summed E-state index contributed by atoms with van der Waals surface area (Å²) in [6.45, 7) is 0. The minimum Gasteiger partial charge on any atom is -0.264 e. The summed E-state index contributed by atoms with van der Waals surface area (Å²) < 4.78 is 0. The van der Waals surface area contributed by atoms with Crippen LogP contribution in [0, 0.1) is 0 Å². The first kappa shape index (κ1) is 31.3. The fourth-order valence-electron chi connectivity index (χ4n) is 8.96. The lowest BCUT2D eigenvalue weighted by atomic mass is 9.70. The normalized spacial score (nSPS) is 12.9. The lowest BCUT2D eigenvalue weighted by Gasteiger charge is -2.30. The summed E-state index contributed by atoms with van der Waals surface area (Å²) in [4.78, 5) is 15.1. The topological polar surface area (TPSA) is 38.7 Å². The van der Waals surface area contributed by atoms with Crippen LogP contribution < -0.4 is 0 Å². The molecule has 0 amide bonds. The van der Waals surface area contributed by atoms with Crippen LogP contribution in [0.1, 0.15) is 22.3 Å². The van der Waals surface area contributed by atoms with Crippen molar-refractivity contribution < 1.29 is 0 Å². The molecule has 2 aliphatic carbocycles. The second-order valence-corrected chi connectivity index (χ2v) is 14.4. The van der Waals surface area contributed by atoms with E-state index in [1.807, 2.05) is 12.3 Å². The standard InChI is InChI=1S/C52H33N3/c1-2-12-34(13-3-1)35-23-25-36(26-24-35)49-32-50(38-15-10-14-37(30-38)40-16-11-29-53-33-40)55-51(54-49)39-27-28-44-43-19-6-9-22-47(43)52(48(44)31-39)45-20-7-4-17-41(45)42-18-5-8-21-46(42)52/h1-33H. The van der Waals surface area contributed by atoms with E-state index >= 15 is 0 Å². The predicted molar refractivity (Wildman–Crippen MR) is 223 cm³/mol. The van der Waals surface area contributed by atoms with Gasteiger partial charge < -0.3 is 0 Å². The molecule has 1 spiro atoms. The van der Waals surface area contributed by atoms with Crippen molar-refractivity contribution in [1.82, 2.24) is 15.0 Å². The third-order valence-corrected chi connectivity index (χ3v) is 11.4. The smallest absolute Gasteiger partial charge is 0.160 e. The maximum absolute atomic E-state index is 5.35. The van der Waals surface area contributed by atoms with E-state index in [4.69, 9.17) is 9.97 Å². The fourth-order valence-corrected chi connectivity index (χ4v) is 8.96. The molecule has 55 heavy (non-hydrogen) atoms. The van der Waals surface area contributed by atoms with Crippen LogP contribution in [0.5, 0.6) is 0 Å². The molecule has 0 unspecified atom stereocenters. The van der Waals surface area contributed by atoms with Gasteiger partial charge in [-0.3, -0.25) is 4.98 Å². The zero-order valence-corrected chi connectivity index (χ0v) is 29.9. The molecule has 2 heterocycles. The van der Waals surface area contributed by atoms with Gasteiger partial charge in [-0.05, 0) is 85.5 Å². The summed E-state index contributed by atoms with van der Waals surface area (Å²) in [5, 5.41) is 0. The Morgan fingerprint density at radius 1 is 0.309 bits per heavy atom. The van der Waals surface area contributed by atoms with Gasteiger partial charge in [-0.2, -0.15) is 0 Å². The highest BCUT2D eigenvalue weighted by Gasteiger charge is 2.51. The number of fused-ring (bicyclic) bond motifs is 10. The van der Waals surface area contributed by atoms with Gasteiger partial charge >= 0.3 is 0 Å². The molecule has 0 fully saturated rings. The van der Waals surface area contributed by atoms with Gasteiger partial charge in [-0.1, -0.05) is 164 Å². The van der Waals surface area contributed by atoms with Gasteiger partial charge in [-0.15, -0.1) is 0 Å². The molecule has 11 rings (SSSR count). The van der Waals surface area contributed by atoms with Gasteiger partial charge in [0, 0.05) is 34.6 Å². The molecule has 0 atom stereocenters. The molecular weight excluding hydrogens is 667 g/mol. The summed E-state index contributed by atoms with van der Waals surface area (Å²) in [7, 11) is 0. The number of hydrogen-bond donors (Lipinski definition) is 0. The van der Waals surface area contributed by atoms with Crippen molar-refractivity contribution in [3.63, 3.8) is 0 Å². The number of aromatic nitrogens is 3. The SMILES string of the molecule is c1ccc(-c2ccc(-c3cc(-c4cccc(-c5cccnc5)c4)nc(-c4ccc5c(c4)C4(c6ccccc6-c6ccccc64)c4ccccc4-5)n3)cc2)cc1. The first-order valence-corrected chi connectivity index (χ1v) is 18.8. The highest BCUT2D eigenvalue weighted by atomic mass is 14.9. The molecule has 3 heteroatoms. The van der Waals surface area contributed by atoms with Gasteiger partial charge in [0.1, 0.15) is 0 Å². The van der Waals surface area contributed by atoms with Crippen molar-refractivity contribution in [3.05, 3.63) is 223 Å². The average Bonchev–Trinajstić information content (AvgIpc) is 3.74. The Morgan fingerprint density at radius 3 is 1.47 bits per heavy atom. The Balaban J connectivity index is 1.12. The lowest BCUT2D eigenvalue weighted by molar-refractivity contribution is 0.794. The van der Waals surface area contributed by atoms with E-state index in [2.05, 4.69) is 187 Å². The Morgan fingerprint density at radius 2 is 0.818 bits per heavy atom. The van der Waals surface area contributed by atoms with Crippen molar-refractivity contribution in [1.29, 1.82) is 0 Å². The van der Waals surface area contributed by atoms with E-state index < -0.39 is 5.41 Å². The molecule has 0 N–H and O–H groups in total. The maximum Gasteiger partial charge on any atom is 0.160 e. The summed E-state index contributed by atoms with van der Waals surface area (Å²) >= 11 is 0. The summed E-state index contributed by atoms with van der Waals surface area (Å²) in [6, 6.07) is 67.6. The van der Waals surface area contributed by atoms with Gasteiger partial charge in [0.15, 0.2) is 5.82 Å². The van der Waals surface area contributed by atoms with Gasteiger partial charge in [0.2, 0.25) is 0 Å². The summed E-state index contributed by atoms with van der Waals surface area (Å²) in [6.07, 6.45) is 3.71. The van der Waals surface area contributed by atoms with E-state index in [1.165, 1.54) is 55.6 Å². The molecule has 9 aromatic rings. The molecule has 2 aromatic heterocycles. The molecule has 0 bridgehead atoms. The van der Waals surface area contributed by atoms with Crippen molar-refractivity contribution in [2.75, 3.05) is 0 Å². The number of nitrogens with zero attached hydrogens (tertiary/aromatic N) is 3. The van der Waals surface area contributed by atoms with Crippen LogP contribution in [0.4, 0.5) is 0 Å². The quantitative estimate of drug-likeness (QED) is 0.179. The lowest BCUT2D eigenvalue weighted by Crippen LogP contribution is -2.25. The summed E-state index contributed by atoms with van der Waals surface area (Å²) in [5.74, 6) is 0.694. The molecule has 256 valence electrons. The van der Waals surface area contributed by atoms with Gasteiger partial charge in [-0.25, -0.2) is 9.97 Å². The van der Waals surface area contributed by atoms with Gasteiger partial charge in [0.25, 0.3) is 0 Å². The Hall–Kier alpha value is -7.23. The van der Waals surface area contributed by atoms with Crippen LogP contribution in [0.25, 0.3) is 78.4 Å². The highest BCUT2D eigenvalue weighted by Crippen LogP contribution is 2.63.